The molecule has 0 bridgehead atoms. The summed E-state index contributed by atoms with van der Waals surface area (Å²) in [5, 5.41) is 11.0. The third-order valence-corrected chi connectivity index (χ3v) is 3.85. The quantitative estimate of drug-likeness (QED) is 0.850. The molecular formula is C17H27N5O3. The minimum Gasteiger partial charge on any atom is -0.394 e. The van der Waals surface area contributed by atoms with Crippen LogP contribution in [-0.2, 0) is 4.74 Å². The van der Waals surface area contributed by atoms with Crippen molar-refractivity contribution in [3.63, 3.8) is 0 Å². The first kappa shape index (κ1) is 19.0. The van der Waals surface area contributed by atoms with E-state index in [4.69, 9.17) is 5.11 Å². The molecule has 2 heterocycles. The van der Waals surface area contributed by atoms with Gasteiger partial charge in [-0.05, 0) is 18.9 Å². The maximum absolute atomic E-state index is 12.2. The highest BCUT2D eigenvalue weighted by Gasteiger charge is 2.17. The van der Waals surface area contributed by atoms with Gasteiger partial charge in [0.15, 0.2) is 0 Å². The summed E-state index contributed by atoms with van der Waals surface area (Å²) in [6.45, 7) is 0.566. The maximum Gasteiger partial charge on any atom is 0.270 e. The second kappa shape index (κ2) is 10.5. The average Bonchev–Trinajstić information content (AvgIpc) is 3.19. The molecule has 2 aromatic rings. The molecule has 3 rings (SSSR count). The Morgan fingerprint density at radius 2 is 2.20 bits per heavy atom. The second-order valence-electron chi connectivity index (χ2n) is 5.74. The van der Waals surface area contributed by atoms with Crippen LogP contribution in [-0.4, -0.2) is 56.9 Å². The lowest BCUT2D eigenvalue weighted by atomic mass is 9.95. The normalized spacial score (nSPS) is 14.5. The second-order valence-corrected chi connectivity index (χ2v) is 5.74. The fourth-order valence-corrected chi connectivity index (χ4v) is 2.57. The molecule has 8 nitrogen and oxygen atoms in total. The molecule has 0 spiro atoms. The summed E-state index contributed by atoms with van der Waals surface area (Å²) >= 11 is 0. The van der Waals surface area contributed by atoms with Crippen LogP contribution in [0.25, 0.3) is 5.95 Å². The zero-order valence-electron chi connectivity index (χ0n) is 14.5. The number of nitrogens with zero attached hydrogens (tertiary/aromatic N) is 4. The van der Waals surface area contributed by atoms with Crippen molar-refractivity contribution in [3.05, 3.63) is 36.7 Å². The number of imidazole rings is 1. The van der Waals surface area contributed by atoms with Crippen LogP contribution in [0.5, 0.6) is 0 Å². The van der Waals surface area contributed by atoms with E-state index >= 15 is 0 Å². The molecule has 1 aliphatic carbocycles. The van der Waals surface area contributed by atoms with Crippen LogP contribution in [0.15, 0.2) is 31.0 Å². The number of aromatic nitrogens is 4. The summed E-state index contributed by atoms with van der Waals surface area (Å²) < 4.78 is 6.12. The van der Waals surface area contributed by atoms with Crippen LogP contribution in [0.1, 0.15) is 44.0 Å². The number of carbonyl (C=O) groups excluding carboxylic acids is 1. The summed E-state index contributed by atoms with van der Waals surface area (Å²) in [4.78, 5) is 24.6. The largest absolute Gasteiger partial charge is 0.394 e. The molecule has 0 unspecified atom stereocenters. The number of amides is 1. The van der Waals surface area contributed by atoms with E-state index in [0.29, 0.717) is 18.2 Å². The van der Waals surface area contributed by atoms with Crippen LogP contribution >= 0.6 is 0 Å². The average molecular weight is 349 g/mol. The van der Waals surface area contributed by atoms with Crippen molar-refractivity contribution in [2.24, 2.45) is 0 Å². The highest BCUT2D eigenvalue weighted by Crippen LogP contribution is 2.17. The van der Waals surface area contributed by atoms with Gasteiger partial charge in [-0.25, -0.2) is 15.0 Å². The molecule has 25 heavy (non-hydrogen) atoms. The van der Waals surface area contributed by atoms with E-state index in [-0.39, 0.29) is 20.0 Å². The van der Waals surface area contributed by atoms with Crippen molar-refractivity contribution >= 4 is 5.91 Å². The van der Waals surface area contributed by atoms with E-state index in [1.54, 1.807) is 42.7 Å². The van der Waals surface area contributed by atoms with Gasteiger partial charge in [0.2, 0.25) is 5.95 Å². The first-order valence-corrected chi connectivity index (χ1v) is 8.46. The number of carbonyl (C=O) groups is 1. The fraction of sp³-hybridized carbons (Fsp3) is 0.529. The fourth-order valence-electron chi connectivity index (χ4n) is 2.57. The lowest BCUT2D eigenvalue weighted by Crippen LogP contribution is -2.36. The van der Waals surface area contributed by atoms with Gasteiger partial charge in [-0.15, -0.1) is 0 Å². The smallest absolute Gasteiger partial charge is 0.270 e. The van der Waals surface area contributed by atoms with Crippen LogP contribution in [0.3, 0.4) is 0 Å². The van der Waals surface area contributed by atoms with Crippen molar-refractivity contribution in [2.45, 2.75) is 38.1 Å². The van der Waals surface area contributed by atoms with Gasteiger partial charge < -0.3 is 15.2 Å². The molecule has 0 atom stereocenters. The Balaban J connectivity index is 0.000000501. The summed E-state index contributed by atoms with van der Waals surface area (Å²) in [6.07, 6.45) is 12.4. The molecule has 2 N–H and O–H groups in total. The molecule has 138 valence electrons. The van der Waals surface area contributed by atoms with E-state index < -0.39 is 0 Å². The molecule has 0 aromatic carbocycles. The minimum atomic E-state index is -0.124. The molecule has 1 amide bonds. The van der Waals surface area contributed by atoms with Gasteiger partial charge in [-0.1, -0.05) is 19.3 Å². The predicted octanol–water partition coefficient (Wildman–Crippen LogP) is 1.60. The Morgan fingerprint density at radius 1 is 1.40 bits per heavy atom. The SMILES string of the molecule is COCCO.O=C(NC1CCCCC1)c1ccnc(-n2ccnc2)n1.[HH]. The van der Waals surface area contributed by atoms with Crippen LogP contribution in [0.4, 0.5) is 0 Å². The van der Waals surface area contributed by atoms with Gasteiger partial charge in [-0.2, -0.15) is 0 Å². The van der Waals surface area contributed by atoms with E-state index in [1.165, 1.54) is 19.3 Å². The van der Waals surface area contributed by atoms with Gasteiger partial charge in [0.1, 0.15) is 12.0 Å². The Bertz CT molecular complexity index is 631. The third-order valence-electron chi connectivity index (χ3n) is 3.85. The topological polar surface area (TPSA) is 102 Å². The van der Waals surface area contributed by atoms with Crippen molar-refractivity contribution in [1.29, 1.82) is 0 Å². The number of hydrogen-bond acceptors (Lipinski definition) is 6. The van der Waals surface area contributed by atoms with Gasteiger partial charge >= 0.3 is 0 Å². The van der Waals surface area contributed by atoms with E-state index in [0.717, 1.165) is 12.8 Å². The molecule has 2 aromatic heterocycles. The van der Waals surface area contributed by atoms with Crippen molar-refractivity contribution in [3.8, 4) is 5.95 Å². The molecule has 1 aliphatic rings. The van der Waals surface area contributed by atoms with Gasteiger partial charge in [0.25, 0.3) is 5.91 Å². The summed E-state index contributed by atoms with van der Waals surface area (Å²) in [5.74, 6) is 0.333. The van der Waals surface area contributed by atoms with Crippen molar-refractivity contribution in [2.75, 3.05) is 20.3 Å². The van der Waals surface area contributed by atoms with E-state index in [1.807, 2.05) is 0 Å². The van der Waals surface area contributed by atoms with Crippen molar-refractivity contribution < 1.29 is 16.1 Å². The standard InChI is InChI=1S/C14H17N5O.C3H8O2.H2/c20-13(17-11-4-2-1-3-5-11)12-6-7-16-14(18-12)19-9-8-15-10-19;1-5-3-2-4;/h6-11H,1-5H2,(H,17,20);4H,2-3H2,1H3;1H. The Hall–Kier alpha value is -2.32. The lowest BCUT2D eigenvalue weighted by molar-refractivity contribution is 0.0922. The highest BCUT2D eigenvalue weighted by molar-refractivity contribution is 5.92. The zero-order valence-corrected chi connectivity index (χ0v) is 14.5. The summed E-state index contributed by atoms with van der Waals surface area (Å²) in [7, 11) is 1.55. The highest BCUT2D eigenvalue weighted by atomic mass is 16.5. The predicted molar refractivity (Wildman–Crippen MR) is 94.6 cm³/mol. The lowest BCUT2D eigenvalue weighted by Gasteiger charge is -2.22. The monoisotopic (exact) mass is 349 g/mol. The number of ether oxygens (including phenoxy) is 1. The van der Waals surface area contributed by atoms with Gasteiger partial charge in [-0.3, -0.25) is 9.36 Å². The van der Waals surface area contributed by atoms with E-state index in [9.17, 15) is 4.79 Å². The van der Waals surface area contributed by atoms with Crippen molar-refractivity contribution in [1.82, 2.24) is 24.8 Å². The summed E-state index contributed by atoms with van der Waals surface area (Å²) in [5.41, 5.74) is 0.397. The number of aliphatic hydroxyl groups excluding tert-OH is 1. The first-order valence-electron chi connectivity index (χ1n) is 8.46. The number of hydrogen-bond donors (Lipinski definition) is 2. The van der Waals surface area contributed by atoms with Crippen LogP contribution in [0.2, 0.25) is 0 Å². The number of methoxy groups -OCH3 is 1. The molecule has 1 saturated carbocycles. The first-order chi connectivity index (χ1) is 12.2. The minimum absolute atomic E-state index is 0. The molecule has 8 heteroatoms. The Kier molecular flexibility index (Phi) is 8.00. The number of rotatable bonds is 5. The molecule has 0 aliphatic heterocycles. The number of aliphatic hydroxyl groups is 1. The third kappa shape index (κ3) is 6.24. The van der Waals surface area contributed by atoms with Crippen LogP contribution < -0.4 is 5.32 Å². The van der Waals surface area contributed by atoms with Gasteiger partial charge in [0.05, 0.1) is 13.2 Å². The Labute approximate surface area is 148 Å². The molecule has 0 radical (unpaired) electrons. The summed E-state index contributed by atoms with van der Waals surface area (Å²) in [6, 6.07) is 1.92. The molecular weight excluding hydrogens is 322 g/mol. The molecule has 0 saturated heterocycles. The molecule has 1 fully saturated rings. The Morgan fingerprint density at radius 3 is 2.80 bits per heavy atom. The van der Waals surface area contributed by atoms with E-state index in [2.05, 4.69) is 25.0 Å². The maximum atomic E-state index is 12.2. The van der Waals surface area contributed by atoms with Gasteiger partial charge in [0, 0.05) is 33.2 Å². The number of nitrogens with one attached hydrogen (secondary N) is 1. The van der Waals surface area contributed by atoms with Crippen LogP contribution in [0, 0.1) is 0 Å². The zero-order chi connectivity index (χ0) is 17.9.